The van der Waals surface area contributed by atoms with Crippen LogP contribution in [0.25, 0.3) is 0 Å². The zero-order chi connectivity index (χ0) is 13.0. The Balaban J connectivity index is 1.78. The van der Waals surface area contributed by atoms with Gasteiger partial charge in [0.15, 0.2) is 0 Å². The minimum absolute atomic E-state index is 0.801. The number of hydrogen-bond donors (Lipinski definition) is 2. The van der Waals surface area contributed by atoms with E-state index in [1.165, 1.54) is 38.5 Å². The van der Waals surface area contributed by atoms with Crippen molar-refractivity contribution in [2.75, 3.05) is 0 Å². The van der Waals surface area contributed by atoms with E-state index in [0.29, 0.717) is 0 Å². The highest BCUT2D eigenvalue weighted by molar-refractivity contribution is 6.50. The summed E-state index contributed by atoms with van der Waals surface area (Å²) < 4.78 is 0. The van der Waals surface area contributed by atoms with E-state index in [1.54, 1.807) is 0 Å². The molecule has 2 rings (SSSR count). The Hall–Kier alpha value is -0.275. The molecule has 0 spiro atoms. The Morgan fingerprint density at radius 2 is 1.83 bits per heavy atom. The molecule has 2 aliphatic rings. The first kappa shape index (κ1) is 14.1. The fourth-order valence-electron chi connectivity index (χ4n) is 3.89. The molecule has 2 aliphatic carbocycles. The smallest absolute Gasteiger partial charge is 0.423 e. The van der Waals surface area contributed by atoms with E-state index in [2.05, 4.69) is 13.0 Å². The molecule has 3 heteroatoms. The van der Waals surface area contributed by atoms with E-state index in [-0.39, 0.29) is 0 Å². The third-order valence-corrected chi connectivity index (χ3v) is 5.07. The molecule has 1 fully saturated rings. The van der Waals surface area contributed by atoms with Gasteiger partial charge >= 0.3 is 7.12 Å². The monoisotopic (exact) mass is 250 g/mol. The molecule has 0 aromatic heterocycles. The van der Waals surface area contributed by atoms with Crippen molar-refractivity contribution in [3.05, 3.63) is 11.5 Å². The van der Waals surface area contributed by atoms with Crippen LogP contribution in [0.15, 0.2) is 11.5 Å². The predicted octanol–water partition coefficient (Wildman–Crippen LogP) is 3.33. The van der Waals surface area contributed by atoms with Gasteiger partial charge in [-0.05, 0) is 55.3 Å². The van der Waals surface area contributed by atoms with Crippen LogP contribution in [0.3, 0.4) is 0 Å². The Kier molecular flexibility index (Phi) is 5.31. The highest BCUT2D eigenvalue weighted by Gasteiger charge is 2.29. The van der Waals surface area contributed by atoms with Gasteiger partial charge in [0.05, 0.1) is 0 Å². The van der Waals surface area contributed by atoms with Crippen LogP contribution in [0.2, 0.25) is 0 Å². The molecule has 0 radical (unpaired) electrons. The van der Waals surface area contributed by atoms with Gasteiger partial charge in [0.25, 0.3) is 0 Å². The second kappa shape index (κ2) is 6.77. The first-order valence-corrected chi connectivity index (χ1v) is 7.75. The van der Waals surface area contributed by atoms with Crippen LogP contribution < -0.4 is 0 Å². The summed E-state index contributed by atoms with van der Waals surface area (Å²) in [6.07, 6.45) is 13.6. The first-order chi connectivity index (χ1) is 8.70. The minimum atomic E-state index is -1.22. The summed E-state index contributed by atoms with van der Waals surface area (Å²) in [4.78, 5) is 0. The van der Waals surface area contributed by atoms with Gasteiger partial charge in [-0.1, -0.05) is 38.7 Å². The van der Waals surface area contributed by atoms with Crippen molar-refractivity contribution in [2.24, 2.45) is 17.8 Å². The summed E-state index contributed by atoms with van der Waals surface area (Å²) in [5, 5.41) is 18.3. The van der Waals surface area contributed by atoms with Gasteiger partial charge < -0.3 is 10.0 Å². The fraction of sp³-hybridized carbons (Fsp3) is 0.867. The third kappa shape index (κ3) is 3.61. The lowest BCUT2D eigenvalue weighted by molar-refractivity contribution is 0.187. The highest BCUT2D eigenvalue weighted by Crippen LogP contribution is 2.40. The second-order valence-corrected chi connectivity index (χ2v) is 6.26. The van der Waals surface area contributed by atoms with Crippen molar-refractivity contribution in [1.29, 1.82) is 0 Å². The highest BCUT2D eigenvalue weighted by atomic mass is 16.4. The Morgan fingerprint density at radius 1 is 1.11 bits per heavy atom. The van der Waals surface area contributed by atoms with Crippen molar-refractivity contribution in [3.63, 3.8) is 0 Å². The fourth-order valence-corrected chi connectivity index (χ4v) is 3.89. The lowest BCUT2D eigenvalue weighted by atomic mass is 9.66. The lowest BCUT2D eigenvalue weighted by Crippen LogP contribution is -2.26. The molecular formula is C15H27BO2. The summed E-state index contributed by atoms with van der Waals surface area (Å²) >= 11 is 0. The molecule has 2 N–H and O–H groups in total. The molecule has 0 aromatic rings. The number of allylic oxidation sites excluding steroid dienone is 2. The minimum Gasteiger partial charge on any atom is -0.423 e. The van der Waals surface area contributed by atoms with Crippen molar-refractivity contribution in [2.45, 2.75) is 64.7 Å². The molecule has 1 saturated carbocycles. The molecule has 1 unspecified atom stereocenters. The molecule has 0 amide bonds. The quantitative estimate of drug-likeness (QED) is 0.751. The summed E-state index contributed by atoms with van der Waals surface area (Å²) in [6, 6.07) is 0. The first-order valence-electron chi connectivity index (χ1n) is 7.75. The zero-order valence-electron chi connectivity index (χ0n) is 11.6. The molecule has 18 heavy (non-hydrogen) atoms. The SMILES string of the molecule is CCC[C@H]1CC[C@H](C2CC=C(B(O)O)CC2)CC1. The van der Waals surface area contributed by atoms with E-state index in [4.69, 9.17) is 10.0 Å². The molecule has 0 bridgehead atoms. The van der Waals surface area contributed by atoms with Crippen LogP contribution in [0.5, 0.6) is 0 Å². The maximum Gasteiger partial charge on any atom is 0.483 e. The predicted molar refractivity (Wildman–Crippen MR) is 76.0 cm³/mol. The van der Waals surface area contributed by atoms with Crippen LogP contribution >= 0.6 is 0 Å². The molecule has 102 valence electrons. The van der Waals surface area contributed by atoms with E-state index >= 15 is 0 Å². The van der Waals surface area contributed by atoms with Gasteiger partial charge in [-0.3, -0.25) is 0 Å². The Labute approximate surface area is 112 Å². The van der Waals surface area contributed by atoms with E-state index < -0.39 is 7.12 Å². The average molecular weight is 250 g/mol. The maximum atomic E-state index is 9.15. The van der Waals surface area contributed by atoms with Crippen LogP contribution in [0.4, 0.5) is 0 Å². The normalized spacial score (nSPS) is 33.1. The van der Waals surface area contributed by atoms with Crippen LogP contribution in [-0.2, 0) is 0 Å². The Morgan fingerprint density at radius 3 is 2.33 bits per heavy atom. The number of hydrogen-bond acceptors (Lipinski definition) is 2. The van der Waals surface area contributed by atoms with E-state index in [9.17, 15) is 0 Å². The lowest BCUT2D eigenvalue weighted by Gasteiger charge is -2.35. The largest absolute Gasteiger partial charge is 0.483 e. The Bertz CT molecular complexity index is 280. The third-order valence-electron chi connectivity index (χ3n) is 5.07. The van der Waals surface area contributed by atoms with E-state index in [0.717, 1.165) is 42.5 Å². The summed E-state index contributed by atoms with van der Waals surface area (Å²) in [7, 11) is -1.22. The van der Waals surface area contributed by atoms with E-state index in [1.807, 2.05) is 0 Å². The van der Waals surface area contributed by atoms with Crippen molar-refractivity contribution in [1.82, 2.24) is 0 Å². The van der Waals surface area contributed by atoms with Crippen molar-refractivity contribution >= 4 is 7.12 Å². The molecular weight excluding hydrogens is 223 g/mol. The van der Waals surface area contributed by atoms with Gasteiger partial charge in [0.2, 0.25) is 0 Å². The van der Waals surface area contributed by atoms with Crippen molar-refractivity contribution < 1.29 is 10.0 Å². The van der Waals surface area contributed by atoms with Gasteiger partial charge in [-0.25, -0.2) is 0 Å². The van der Waals surface area contributed by atoms with Crippen LogP contribution in [-0.4, -0.2) is 17.2 Å². The van der Waals surface area contributed by atoms with Gasteiger partial charge in [0, 0.05) is 0 Å². The summed E-state index contributed by atoms with van der Waals surface area (Å²) in [5.74, 6) is 2.68. The summed E-state index contributed by atoms with van der Waals surface area (Å²) in [6.45, 7) is 2.29. The van der Waals surface area contributed by atoms with Gasteiger partial charge in [0.1, 0.15) is 0 Å². The molecule has 0 aromatic carbocycles. The second-order valence-electron chi connectivity index (χ2n) is 6.26. The number of rotatable bonds is 4. The van der Waals surface area contributed by atoms with Gasteiger partial charge in [-0.2, -0.15) is 0 Å². The topological polar surface area (TPSA) is 40.5 Å². The molecule has 1 atom stereocenters. The van der Waals surface area contributed by atoms with Crippen molar-refractivity contribution in [3.8, 4) is 0 Å². The van der Waals surface area contributed by atoms with Crippen LogP contribution in [0, 0.1) is 17.8 Å². The van der Waals surface area contributed by atoms with Gasteiger partial charge in [-0.15, -0.1) is 0 Å². The summed E-state index contributed by atoms with van der Waals surface area (Å²) in [5.41, 5.74) is 0.839. The maximum absolute atomic E-state index is 9.15. The molecule has 0 heterocycles. The molecule has 2 nitrogen and oxygen atoms in total. The molecule has 0 saturated heterocycles. The zero-order valence-corrected chi connectivity index (χ0v) is 11.6. The standard InChI is InChI=1S/C15H27BO2/c1-2-3-12-4-6-13(7-5-12)14-8-10-15(11-9-14)16(17)18/h10,12-14,17-18H,2-9,11H2,1H3/t12-,13-,14?. The average Bonchev–Trinajstić information content (AvgIpc) is 2.40. The van der Waals surface area contributed by atoms with Crippen LogP contribution in [0.1, 0.15) is 64.7 Å². The molecule has 0 aliphatic heterocycles.